The first-order valence-electron chi connectivity index (χ1n) is 6.70. The normalized spacial score (nSPS) is 12.0. The zero-order valence-corrected chi connectivity index (χ0v) is 12.1. The second-order valence-corrected chi connectivity index (χ2v) is 5.81. The average Bonchev–Trinajstić information content (AvgIpc) is 2.39. The molecule has 0 N–H and O–H groups in total. The van der Waals surface area contributed by atoms with Crippen LogP contribution in [-0.4, -0.2) is 4.98 Å². The molecule has 2 aromatic rings. The van der Waals surface area contributed by atoms with Crippen LogP contribution in [0.15, 0.2) is 48.7 Å². The van der Waals surface area contributed by atoms with Gasteiger partial charge >= 0.3 is 0 Å². The summed E-state index contributed by atoms with van der Waals surface area (Å²) in [6.07, 6.45) is 6.14. The molecule has 0 radical (unpaired) electrons. The van der Waals surface area contributed by atoms with Crippen LogP contribution in [0.5, 0.6) is 0 Å². The molecular weight excluding hydrogens is 230 g/mol. The van der Waals surface area contributed by atoms with E-state index in [0.717, 1.165) is 11.3 Å². The molecule has 0 spiro atoms. The Hall–Kier alpha value is -1.89. The van der Waals surface area contributed by atoms with Crippen molar-refractivity contribution in [1.82, 2.24) is 4.98 Å². The average molecular weight is 251 g/mol. The molecular formula is C18H21N. The van der Waals surface area contributed by atoms with Crippen molar-refractivity contribution < 1.29 is 0 Å². The first-order chi connectivity index (χ1) is 9.00. The molecule has 1 aromatic carbocycles. The topological polar surface area (TPSA) is 12.9 Å². The van der Waals surface area contributed by atoms with Crippen LogP contribution < -0.4 is 0 Å². The lowest BCUT2D eigenvalue weighted by molar-refractivity contribution is 0.587. The van der Waals surface area contributed by atoms with Crippen LogP contribution >= 0.6 is 0 Å². The van der Waals surface area contributed by atoms with Gasteiger partial charge in [-0.2, -0.15) is 0 Å². The van der Waals surface area contributed by atoms with Crippen LogP contribution in [0.25, 0.3) is 17.3 Å². The number of aromatic nitrogens is 1. The van der Waals surface area contributed by atoms with Gasteiger partial charge in [0, 0.05) is 11.8 Å². The maximum Gasteiger partial charge on any atom is 0.0702 e. The smallest absolute Gasteiger partial charge is 0.0702 e. The summed E-state index contributed by atoms with van der Waals surface area (Å²) >= 11 is 0. The standard InChI is InChI=1S/C18H21N/c1-5-7-14-8-6-9-15(12-14)17-11-10-16(13-19-17)18(2,3)4/h5-13H,1-4H3/b7-5+. The van der Waals surface area contributed by atoms with Gasteiger partial charge in [-0.05, 0) is 35.6 Å². The molecule has 0 atom stereocenters. The van der Waals surface area contributed by atoms with Crippen LogP contribution in [0, 0.1) is 0 Å². The lowest BCUT2D eigenvalue weighted by atomic mass is 9.88. The molecule has 0 aliphatic heterocycles. The Labute approximate surface area is 116 Å². The van der Waals surface area contributed by atoms with Crippen molar-refractivity contribution in [2.24, 2.45) is 0 Å². The van der Waals surface area contributed by atoms with E-state index in [1.165, 1.54) is 11.1 Å². The third-order valence-corrected chi connectivity index (χ3v) is 3.17. The maximum atomic E-state index is 4.59. The van der Waals surface area contributed by atoms with Gasteiger partial charge < -0.3 is 0 Å². The zero-order chi connectivity index (χ0) is 13.9. The summed E-state index contributed by atoms with van der Waals surface area (Å²) in [7, 11) is 0. The first-order valence-corrected chi connectivity index (χ1v) is 6.70. The minimum absolute atomic E-state index is 0.151. The number of benzene rings is 1. The van der Waals surface area contributed by atoms with Gasteiger partial charge in [-0.25, -0.2) is 0 Å². The molecule has 1 aromatic heterocycles. The van der Waals surface area contributed by atoms with Gasteiger partial charge in [0.2, 0.25) is 0 Å². The summed E-state index contributed by atoms with van der Waals surface area (Å²) in [6, 6.07) is 12.7. The van der Waals surface area contributed by atoms with E-state index in [2.05, 4.69) is 74.3 Å². The summed E-state index contributed by atoms with van der Waals surface area (Å²) in [5.74, 6) is 0. The number of hydrogen-bond donors (Lipinski definition) is 0. The van der Waals surface area contributed by atoms with Crippen molar-refractivity contribution in [1.29, 1.82) is 0 Å². The molecule has 0 bridgehead atoms. The van der Waals surface area contributed by atoms with E-state index in [4.69, 9.17) is 0 Å². The largest absolute Gasteiger partial charge is 0.256 e. The van der Waals surface area contributed by atoms with Crippen LogP contribution in [-0.2, 0) is 5.41 Å². The van der Waals surface area contributed by atoms with Crippen LogP contribution in [0.2, 0.25) is 0 Å². The van der Waals surface area contributed by atoms with E-state index >= 15 is 0 Å². The Morgan fingerprint density at radius 2 is 1.84 bits per heavy atom. The molecule has 19 heavy (non-hydrogen) atoms. The highest BCUT2D eigenvalue weighted by atomic mass is 14.7. The molecule has 0 amide bonds. The van der Waals surface area contributed by atoms with Gasteiger partial charge in [0.25, 0.3) is 0 Å². The molecule has 0 aliphatic carbocycles. The second-order valence-electron chi connectivity index (χ2n) is 5.81. The Morgan fingerprint density at radius 1 is 1.05 bits per heavy atom. The molecule has 1 heterocycles. The number of nitrogens with zero attached hydrogens (tertiary/aromatic N) is 1. The molecule has 0 unspecified atom stereocenters. The SMILES string of the molecule is C/C=C/c1cccc(-c2ccc(C(C)(C)C)cn2)c1. The Bertz CT molecular complexity index is 571. The van der Waals surface area contributed by atoms with Gasteiger partial charge in [0.05, 0.1) is 5.69 Å². The van der Waals surface area contributed by atoms with Crippen molar-refractivity contribution in [3.63, 3.8) is 0 Å². The molecule has 1 heteroatoms. The lowest BCUT2D eigenvalue weighted by Gasteiger charge is -2.18. The van der Waals surface area contributed by atoms with Gasteiger partial charge in [-0.3, -0.25) is 4.98 Å². The molecule has 0 aliphatic rings. The fourth-order valence-corrected chi connectivity index (χ4v) is 2.00. The molecule has 1 nitrogen and oxygen atoms in total. The molecule has 2 rings (SSSR count). The summed E-state index contributed by atoms with van der Waals surface area (Å²) in [5.41, 5.74) is 4.82. The first kappa shape index (κ1) is 13.5. The number of allylic oxidation sites excluding steroid dienone is 1. The van der Waals surface area contributed by atoms with Crippen molar-refractivity contribution in [2.45, 2.75) is 33.1 Å². The quantitative estimate of drug-likeness (QED) is 0.725. The maximum absolute atomic E-state index is 4.59. The van der Waals surface area contributed by atoms with E-state index in [-0.39, 0.29) is 5.41 Å². The number of hydrogen-bond acceptors (Lipinski definition) is 1. The highest BCUT2D eigenvalue weighted by molar-refractivity contribution is 5.64. The van der Waals surface area contributed by atoms with Crippen molar-refractivity contribution >= 4 is 6.08 Å². The molecule has 0 saturated carbocycles. The monoisotopic (exact) mass is 251 g/mol. The van der Waals surface area contributed by atoms with Gasteiger partial charge in [-0.1, -0.05) is 57.2 Å². The highest BCUT2D eigenvalue weighted by Crippen LogP contribution is 2.24. The highest BCUT2D eigenvalue weighted by Gasteiger charge is 2.13. The van der Waals surface area contributed by atoms with E-state index in [9.17, 15) is 0 Å². The summed E-state index contributed by atoms with van der Waals surface area (Å²) < 4.78 is 0. The summed E-state index contributed by atoms with van der Waals surface area (Å²) in [4.78, 5) is 4.59. The van der Waals surface area contributed by atoms with E-state index in [0.29, 0.717) is 0 Å². The molecule has 98 valence electrons. The van der Waals surface area contributed by atoms with E-state index < -0.39 is 0 Å². The Balaban J connectivity index is 2.34. The zero-order valence-electron chi connectivity index (χ0n) is 12.1. The lowest BCUT2D eigenvalue weighted by Crippen LogP contribution is -2.11. The van der Waals surface area contributed by atoms with Crippen LogP contribution in [0.1, 0.15) is 38.8 Å². The minimum Gasteiger partial charge on any atom is -0.256 e. The van der Waals surface area contributed by atoms with Crippen molar-refractivity contribution in [3.05, 3.63) is 59.8 Å². The fraction of sp³-hybridized carbons (Fsp3) is 0.278. The Morgan fingerprint density at radius 3 is 2.42 bits per heavy atom. The Kier molecular flexibility index (Phi) is 3.84. The summed E-state index contributed by atoms with van der Waals surface area (Å²) in [5, 5.41) is 0. The third kappa shape index (κ3) is 3.31. The van der Waals surface area contributed by atoms with Gasteiger partial charge in [-0.15, -0.1) is 0 Å². The van der Waals surface area contributed by atoms with Crippen LogP contribution in [0.3, 0.4) is 0 Å². The minimum atomic E-state index is 0.151. The predicted octanol–water partition coefficient (Wildman–Crippen LogP) is 5.08. The van der Waals surface area contributed by atoms with Gasteiger partial charge in [0.1, 0.15) is 0 Å². The predicted molar refractivity (Wildman–Crippen MR) is 83.1 cm³/mol. The third-order valence-electron chi connectivity index (χ3n) is 3.17. The summed E-state index contributed by atoms with van der Waals surface area (Å²) in [6.45, 7) is 8.64. The van der Waals surface area contributed by atoms with Crippen LogP contribution in [0.4, 0.5) is 0 Å². The number of pyridine rings is 1. The van der Waals surface area contributed by atoms with Gasteiger partial charge in [0.15, 0.2) is 0 Å². The molecule has 0 fully saturated rings. The van der Waals surface area contributed by atoms with Crippen molar-refractivity contribution in [3.8, 4) is 11.3 Å². The molecule has 0 saturated heterocycles. The fourth-order valence-electron chi connectivity index (χ4n) is 2.00. The number of rotatable bonds is 2. The van der Waals surface area contributed by atoms with Crippen molar-refractivity contribution in [2.75, 3.05) is 0 Å². The van der Waals surface area contributed by atoms with E-state index in [1.807, 2.05) is 13.1 Å². The second kappa shape index (κ2) is 5.40. The van der Waals surface area contributed by atoms with E-state index in [1.54, 1.807) is 0 Å².